The van der Waals surface area contributed by atoms with Gasteiger partial charge >= 0.3 is 6.16 Å². The van der Waals surface area contributed by atoms with Crippen LogP contribution in [0.1, 0.15) is 91.9 Å². The van der Waals surface area contributed by atoms with Crippen LogP contribution in [-0.2, 0) is 0 Å². The second-order valence-electron chi connectivity index (χ2n) is 6.31. The second kappa shape index (κ2) is 14.3. The maximum atomic E-state index is 8.56. The van der Waals surface area contributed by atoms with Gasteiger partial charge in [-0.25, -0.2) is 4.79 Å². The summed E-state index contributed by atoms with van der Waals surface area (Å²) in [6.45, 7) is 8.99. The lowest BCUT2D eigenvalue weighted by atomic mass is 9.65. The van der Waals surface area contributed by atoms with Crippen LogP contribution in [0.4, 0.5) is 4.79 Å². The molecular weight excluding hydrogens is 292 g/mol. The molecule has 5 N–H and O–H groups in total. The Kier molecular flexibility index (Phi) is 15.0. The van der Waals surface area contributed by atoms with Crippen molar-refractivity contribution in [2.45, 2.75) is 91.9 Å². The molecule has 0 fully saturated rings. The van der Waals surface area contributed by atoms with Crippen molar-refractivity contribution in [2.75, 3.05) is 0 Å². The van der Waals surface area contributed by atoms with Gasteiger partial charge in [0.15, 0.2) is 0 Å². The van der Waals surface area contributed by atoms with Gasteiger partial charge < -0.3 is 15.9 Å². The zero-order valence-corrected chi connectivity index (χ0v) is 15.5. The van der Waals surface area contributed by atoms with E-state index >= 15 is 0 Å². The normalized spacial score (nSPS) is 12.2. The molecule has 0 aromatic heterocycles. The van der Waals surface area contributed by atoms with Gasteiger partial charge in [-0.05, 0) is 25.2 Å². The minimum absolute atomic E-state index is 0.0179. The fraction of sp³-hybridized carbons (Fsp3) is 0.889. The smallest absolute Gasteiger partial charge is 0.450 e. The van der Waals surface area contributed by atoms with E-state index in [1.807, 2.05) is 0 Å². The number of hydrogen-bond acceptors (Lipinski definition) is 2. The number of amidine groups is 1. The average molecular weight is 331 g/mol. The fourth-order valence-corrected chi connectivity index (χ4v) is 3.33. The number of nitrogens with one attached hydrogen (secondary N) is 1. The van der Waals surface area contributed by atoms with Gasteiger partial charge in [0, 0.05) is 5.41 Å². The van der Waals surface area contributed by atoms with Crippen molar-refractivity contribution >= 4 is 12.0 Å². The number of hydrogen-bond donors (Lipinski definition) is 4. The molecule has 0 aromatic rings. The molecule has 0 aliphatic rings. The zero-order valence-electron chi connectivity index (χ0n) is 15.5. The van der Waals surface area contributed by atoms with Gasteiger partial charge in [0.05, 0.1) is 5.84 Å². The van der Waals surface area contributed by atoms with Gasteiger partial charge in [-0.15, -0.1) is 0 Å². The lowest BCUT2D eigenvalue weighted by Gasteiger charge is -2.40. The lowest BCUT2D eigenvalue weighted by molar-refractivity contribution is 0.137. The quantitative estimate of drug-likeness (QED) is 0.271. The third-order valence-corrected chi connectivity index (χ3v) is 4.67. The monoisotopic (exact) mass is 330 g/mol. The van der Waals surface area contributed by atoms with Gasteiger partial charge in [-0.1, -0.05) is 72.6 Å². The summed E-state index contributed by atoms with van der Waals surface area (Å²) in [5.41, 5.74) is 6.07. The van der Waals surface area contributed by atoms with Crippen molar-refractivity contribution < 1.29 is 15.0 Å². The van der Waals surface area contributed by atoms with E-state index in [1.165, 1.54) is 44.9 Å². The molecule has 138 valence electrons. The van der Waals surface area contributed by atoms with Crippen molar-refractivity contribution in [2.24, 2.45) is 17.1 Å². The van der Waals surface area contributed by atoms with Crippen molar-refractivity contribution in [1.82, 2.24) is 0 Å². The number of rotatable bonds is 12. The summed E-state index contributed by atoms with van der Waals surface area (Å²) in [6.07, 6.45) is 10.1. The van der Waals surface area contributed by atoms with Crippen LogP contribution in [-0.4, -0.2) is 22.2 Å². The Balaban J connectivity index is 0. The maximum Gasteiger partial charge on any atom is 0.503 e. The Bertz CT molecular complexity index is 307. The molecule has 0 radical (unpaired) electrons. The maximum absolute atomic E-state index is 8.56. The molecule has 0 aliphatic carbocycles. The fourth-order valence-electron chi connectivity index (χ4n) is 3.33. The van der Waals surface area contributed by atoms with E-state index < -0.39 is 6.16 Å². The molecule has 1 unspecified atom stereocenters. The topological polar surface area (TPSA) is 107 Å². The van der Waals surface area contributed by atoms with Gasteiger partial charge in [0.25, 0.3) is 0 Å². The molecule has 5 nitrogen and oxygen atoms in total. The molecule has 23 heavy (non-hydrogen) atoms. The Hall–Kier alpha value is -1.26. The Labute approximate surface area is 142 Å². The Morgan fingerprint density at radius 2 is 1.39 bits per heavy atom. The Morgan fingerprint density at radius 1 is 1.00 bits per heavy atom. The molecular formula is C18H38N2O3. The number of unbranched alkanes of at least 4 members (excludes halogenated alkanes) is 3. The average Bonchev–Trinajstić information content (AvgIpc) is 2.48. The van der Waals surface area contributed by atoms with E-state index in [0.29, 0.717) is 11.8 Å². The first-order valence-electron chi connectivity index (χ1n) is 9.08. The SMILES string of the molecule is CCCCC(CC)C(CCCC)(CCCC)C(=N)N.O=C(O)O. The van der Waals surface area contributed by atoms with Crippen molar-refractivity contribution in [3.63, 3.8) is 0 Å². The lowest BCUT2D eigenvalue weighted by Crippen LogP contribution is -2.43. The highest BCUT2D eigenvalue weighted by molar-refractivity contribution is 5.83. The van der Waals surface area contributed by atoms with Crippen LogP contribution < -0.4 is 5.73 Å². The van der Waals surface area contributed by atoms with Crippen molar-refractivity contribution in [1.29, 1.82) is 5.41 Å². The summed E-state index contributed by atoms with van der Waals surface area (Å²) < 4.78 is 0. The first-order valence-corrected chi connectivity index (χ1v) is 9.08. The molecule has 5 heteroatoms. The minimum Gasteiger partial charge on any atom is -0.450 e. The van der Waals surface area contributed by atoms with Gasteiger partial charge in [0.2, 0.25) is 0 Å². The van der Waals surface area contributed by atoms with E-state index in [0.717, 1.165) is 19.3 Å². The summed E-state index contributed by atoms with van der Waals surface area (Å²) in [7, 11) is 0. The third kappa shape index (κ3) is 10.2. The van der Waals surface area contributed by atoms with Crippen LogP contribution in [0.25, 0.3) is 0 Å². The van der Waals surface area contributed by atoms with E-state index in [-0.39, 0.29) is 5.41 Å². The second-order valence-corrected chi connectivity index (χ2v) is 6.31. The van der Waals surface area contributed by atoms with Gasteiger partial charge in [0.1, 0.15) is 0 Å². The molecule has 0 bridgehead atoms. The molecule has 0 rings (SSSR count). The molecule has 0 aromatic carbocycles. The Morgan fingerprint density at radius 3 is 1.65 bits per heavy atom. The first-order chi connectivity index (χ1) is 10.8. The summed E-state index contributed by atoms with van der Waals surface area (Å²) in [4.78, 5) is 8.56. The molecule has 0 aliphatic heterocycles. The van der Waals surface area contributed by atoms with Crippen LogP contribution in [0.2, 0.25) is 0 Å². The number of carbonyl (C=O) groups is 1. The molecule has 1 atom stereocenters. The van der Waals surface area contributed by atoms with E-state index in [9.17, 15) is 0 Å². The highest BCUT2D eigenvalue weighted by Gasteiger charge is 2.39. The van der Waals surface area contributed by atoms with Crippen molar-refractivity contribution in [3.05, 3.63) is 0 Å². The predicted octanol–water partition coefficient (Wildman–Crippen LogP) is 5.73. The zero-order chi connectivity index (χ0) is 18.3. The summed E-state index contributed by atoms with van der Waals surface area (Å²) in [6, 6.07) is 0. The highest BCUT2D eigenvalue weighted by atomic mass is 16.6. The van der Waals surface area contributed by atoms with Gasteiger partial charge in [-0.3, -0.25) is 5.41 Å². The number of carboxylic acid groups (broad SMARTS) is 2. The first kappa shape index (κ1) is 24.0. The van der Waals surface area contributed by atoms with E-state index in [1.54, 1.807) is 0 Å². The number of nitrogens with two attached hydrogens (primary N) is 1. The van der Waals surface area contributed by atoms with Crippen LogP contribution in [0.3, 0.4) is 0 Å². The van der Waals surface area contributed by atoms with Crippen molar-refractivity contribution in [3.8, 4) is 0 Å². The molecule has 0 saturated heterocycles. The molecule has 0 spiro atoms. The molecule has 0 amide bonds. The molecule has 0 heterocycles. The minimum atomic E-state index is -1.83. The van der Waals surface area contributed by atoms with Crippen LogP contribution >= 0.6 is 0 Å². The van der Waals surface area contributed by atoms with E-state index in [4.69, 9.17) is 26.2 Å². The predicted molar refractivity (Wildman–Crippen MR) is 97.4 cm³/mol. The molecule has 0 saturated carbocycles. The van der Waals surface area contributed by atoms with Crippen LogP contribution in [0.5, 0.6) is 0 Å². The summed E-state index contributed by atoms with van der Waals surface area (Å²) >= 11 is 0. The standard InChI is InChI=1S/C17H36N2.CH2O3/c1-5-9-12-15(8-4)17(16(18)19,13-10-6-2)14-11-7-3;2-1(3)4/h15H,5-14H2,1-4H3,(H3,18,19);(H2,2,3,4). The largest absolute Gasteiger partial charge is 0.503 e. The summed E-state index contributed by atoms with van der Waals surface area (Å²) in [5, 5.41) is 22.1. The van der Waals surface area contributed by atoms with Gasteiger partial charge in [-0.2, -0.15) is 0 Å². The highest BCUT2D eigenvalue weighted by Crippen LogP contribution is 2.43. The van der Waals surface area contributed by atoms with Crippen LogP contribution in [0.15, 0.2) is 0 Å². The van der Waals surface area contributed by atoms with Crippen LogP contribution in [0, 0.1) is 16.7 Å². The summed E-state index contributed by atoms with van der Waals surface area (Å²) in [5.74, 6) is 1.06. The van der Waals surface area contributed by atoms with E-state index in [2.05, 4.69) is 27.7 Å². The third-order valence-electron chi connectivity index (χ3n) is 4.67.